The topological polar surface area (TPSA) is 55.9 Å². The van der Waals surface area contributed by atoms with E-state index in [0.29, 0.717) is 0 Å². The number of nitrogens with zero attached hydrogens (tertiary/aromatic N) is 2. The van der Waals surface area contributed by atoms with Gasteiger partial charge in [-0.1, -0.05) is 48.5 Å². The molecule has 3 heterocycles. The highest BCUT2D eigenvalue weighted by atomic mass is 15.3. The summed E-state index contributed by atoms with van der Waals surface area (Å²) in [4.78, 5) is 4.51. The van der Waals surface area contributed by atoms with Gasteiger partial charge in [-0.2, -0.15) is 0 Å². The summed E-state index contributed by atoms with van der Waals surface area (Å²) in [5.41, 5.74) is 6.84. The molecule has 0 amide bonds. The minimum absolute atomic E-state index is 0.140. The summed E-state index contributed by atoms with van der Waals surface area (Å²) in [6, 6.07) is 21.2. The van der Waals surface area contributed by atoms with E-state index in [0.717, 1.165) is 23.1 Å². The molecule has 3 N–H and O–H groups in total. The van der Waals surface area contributed by atoms with Crippen molar-refractivity contribution in [1.29, 1.82) is 0 Å². The number of para-hydroxylation sites is 1. The van der Waals surface area contributed by atoms with Gasteiger partial charge in [0.2, 0.25) is 0 Å². The van der Waals surface area contributed by atoms with Crippen LogP contribution < -0.4 is 11.2 Å². The van der Waals surface area contributed by atoms with Crippen LogP contribution in [0.5, 0.6) is 0 Å². The summed E-state index contributed by atoms with van der Waals surface area (Å²) in [5.74, 6) is 6.20. The Balaban J connectivity index is 1.76. The van der Waals surface area contributed by atoms with Crippen molar-refractivity contribution >= 4 is 16.7 Å². The maximum atomic E-state index is 6.20. The first-order valence-electron chi connectivity index (χ1n) is 8.46. The number of nitrogen functional groups attached to an aromatic ring is 1. The summed E-state index contributed by atoms with van der Waals surface area (Å²) < 4.78 is 1.64. The maximum Gasteiger partial charge on any atom is 0.159 e. The van der Waals surface area contributed by atoms with Crippen molar-refractivity contribution in [2.45, 2.75) is 12.5 Å². The van der Waals surface area contributed by atoms with Crippen LogP contribution in [0.4, 0.5) is 5.69 Å². The zero-order valence-corrected chi connectivity index (χ0v) is 13.7. The van der Waals surface area contributed by atoms with Crippen LogP contribution in [0.2, 0.25) is 0 Å². The van der Waals surface area contributed by atoms with Crippen molar-refractivity contribution in [2.75, 3.05) is 11.2 Å². The molecule has 122 valence electrons. The Kier molecular flexibility index (Phi) is 3.04. The number of rotatable bonds is 2. The summed E-state index contributed by atoms with van der Waals surface area (Å²) in [6.07, 6.45) is 4.73. The Labute approximate surface area is 145 Å². The number of hydrogen-bond donors (Lipinski definition) is 2. The van der Waals surface area contributed by atoms with Crippen molar-refractivity contribution in [3.8, 4) is 11.1 Å². The molecular formula is C21H18N4. The molecule has 5 rings (SSSR count). The molecule has 2 aromatic carbocycles. The van der Waals surface area contributed by atoms with E-state index in [-0.39, 0.29) is 6.04 Å². The van der Waals surface area contributed by atoms with E-state index in [2.05, 4.69) is 64.9 Å². The van der Waals surface area contributed by atoms with E-state index < -0.39 is 0 Å². The molecule has 0 bridgehead atoms. The van der Waals surface area contributed by atoms with Gasteiger partial charge in [-0.3, -0.25) is 4.68 Å². The number of anilines is 1. The SMILES string of the molecule is Nn1cc2c3c(ccnc31)-c1ccccc1NC2Cc1ccccc1. The first-order valence-corrected chi connectivity index (χ1v) is 8.46. The predicted molar refractivity (Wildman–Crippen MR) is 102 cm³/mol. The van der Waals surface area contributed by atoms with E-state index in [1.807, 2.05) is 18.5 Å². The molecule has 0 saturated heterocycles. The van der Waals surface area contributed by atoms with Gasteiger partial charge in [0.1, 0.15) is 0 Å². The van der Waals surface area contributed by atoms with Crippen molar-refractivity contribution < 1.29 is 0 Å². The quantitative estimate of drug-likeness (QED) is 0.545. The third-order valence-corrected chi connectivity index (χ3v) is 4.95. The second-order valence-corrected chi connectivity index (χ2v) is 6.48. The Morgan fingerprint density at radius 1 is 0.960 bits per heavy atom. The lowest BCUT2D eigenvalue weighted by Crippen LogP contribution is -2.13. The van der Waals surface area contributed by atoms with E-state index in [9.17, 15) is 0 Å². The third-order valence-electron chi connectivity index (χ3n) is 4.95. The van der Waals surface area contributed by atoms with Gasteiger partial charge in [0.15, 0.2) is 5.65 Å². The van der Waals surface area contributed by atoms with Crippen molar-refractivity contribution in [3.05, 3.63) is 84.2 Å². The Morgan fingerprint density at radius 3 is 2.64 bits per heavy atom. The molecule has 25 heavy (non-hydrogen) atoms. The molecule has 4 heteroatoms. The normalized spacial score (nSPS) is 15.4. The predicted octanol–water partition coefficient (Wildman–Crippen LogP) is 4.13. The molecular weight excluding hydrogens is 308 g/mol. The second kappa shape index (κ2) is 5.38. The standard InChI is InChI=1S/C21H18N4/c22-25-13-17-19(12-14-6-2-1-3-7-14)24-18-9-5-4-8-15(18)16-10-11-23-21(25)20(16)17/h1-11,13,19,24H,12,22H2. The third kappa shape index (κ3) is 2.18. The molecule has 0 aliphatic carbocycles. The summed E-state index contributed by atoms with van der Waals surface area (Å²) >= 11 is 0. The fourth-order valence-electron chi connectivity index (χ4n) is 3.82. The van der Waals surface area contributed by atoms with Crippen molar-refractivity contribution in [1.82, 2.24) is 9.66 Å². The molecule has 0 saturated carbocycles. The van der Waals surface area contributed by atoms with Crippen LogP contribution >= 0.6 is 0 Å². The van der Waals surface area contributed by atoms with Crippen molar-refractivity contribution in [3.63, 3.8) is 0 Å². The lowest BCUT2D eigenvalue weighted by atomic mass is 9.97. The highest BCUT2D eigenvalue weighted by Gasteiger charge is 2.26. The molecule has 4 nitrogen and oxygen atoms in total. The van der Waals surface area contributed by atoms with Gasteiger partial charge >= 0.3 is 0 Å². The maximum absolute atomic E-state index is 6.20. The zero-order chi connectivity index (χ0) is 16.8. The second-order valence-electron chi connectivity index (χ2n) is 6.48. The summed E-state index contributed by atoms with van der Waals surface area (Å²) in [7, 11) is 0. The molecule has 2 aromatic heterocycles. The van der Waals surface area contributed by atoms with Gasteiger partial charge in [-0.15, -0.1) is 0 Å². The first kappa shape index (κ1) is 14.1. The van der Waals surface area contributed by atoms with Crippen LogP contribution in [-0.4, -0.2) is 9.66 Å². The number of fused-ring (bicyclic) bond motifs is 2. The molecule has 4 aromatic rings. The highest BCUT2D eigenvalue weighted by molar-refractivity contribution is 6.01. The fraction of sp³-hybridized carbons (Fsp3) is 0.0952. The lowest BCUT2D eigenvalue weighted by molar-refractivity contribution is 0.780. The molecule has 0 fully saturated rings. The number of nitrogens with one attached hydrogen (secondary N) is 1. The average molecular weight is 326 g/mol. The molecule has 1 unspecified atom stereocenters. The van der Waals surface area contributed by atoms with Gasteiger partial charge in [-0.25, -0.2) is 4.98 Å². The first-order chi connectivity index (χ1) is 12.3. The van der Waals surface area contributed by atoms with Crippen LogP contribution in [0.15, 0.2) is 73.1 Å². The van der Waals surface area contributed by atoms with E-state index in [4.69, 9.17) is 5.84 Å². The number of nitrogens with two attached hydrogens (primary N) is 1. The van der Waals surface area contributed by atoms with E-state index in [1.165, 1.54) is 22.3 Å². The van der Waals surface area contributed by atoms with Crippen LogP contribution in [0, 0.1) is 0 Å². The van der Waals surface area contributed by atoms with Gasteiger partial charge in [0.25, 0.3) is 0 Å². The lowest BCUT2D eigenvalue weighted by Gasteiger charge is -2.19. The van der Waals surface area contributed by atoms with Gasteiger partial charge in [0.05, 0.1) is 6.04 Å². The molecule has 1 aliphatic rings. The van der Waals surface area contributed by atoms with Crippen LogP contribution in [-0.2, 0) is 6.42 Å². The van der Waals surface area contributed by atoms with Gasteiger partial charge in [-0.05, 0) is 29.7 Å². The van der Waals surface area contributed by atoms with Gasteiger partial charge in [0, 0.05) is 34.6 Å². The number of aromatic nitrogens is 2. The summed E-state index contributed by atoms with van der Waals surface area (Å²) in [5, 5.41) is 4.87. The fourth-order valence-corrected chi connectivity index (χ4v) is 3.82. The Hall–Kier alpha value is -3.27. The molecule has 0 radical (unpaired) electrons. The van der Waals surface area contributed by atoms with E-state index in [1.54, 1.807) is 4.68 Å². The Bertz CT molecular complexity index is 1070. The number of benzene rings is 2. The molecule has 0 spiro atoms. The summed E-state index contributed by atoms with van der Waals surface area (Å²) in [6.45, 7) is 0. The highest BCUT2D eigenvalue weighted by Crippen LogP contribution is 2.42. The van der Waals surface area contributed by atoms with Crippen molar-refractivity contribution in [2.24, 2.45) is 0 Å². The molecule has 1 aliphatic heterocycles. The largest absolute Gasteiger partial charge is 0.377 e. The van der Waals surface area contributed by atoms with Crippen LogP contribution in [0.3, 0.4) is 0 Å². The minimum atomic E-state index is 0.140. The number of pyridine rings is 1. The van der Waals surface area contributed by atoms with E-state index >= 15 is 0 Å². The van der Waals surface area contributed by atoms with Crippen LogP contribution in [0.25, 0.3) is 22.2 Å². The van der Waals surface area contributed by atoms with Gasteiger partial charge < -0.3 is 11.2 Å². The average Bonchev–Trinajstić information content (AvgIpc) is 2.93. The Morgan fingerprint density at radius 2 is 1.76 bits per heavy atom. The zero-order valence-electron chi connectivity index (χ0n) is 13.7. The smallest absolute Gasteiger partial charge is 0.159 e. The number of hydrogen-bond acceptors (Lipinski definition) is 3. The molecule has 1 atom stereocenters. The monoisotopic (exact) mass is 326 g/mol. The minimum Gasteiger partial charge on any atom is -0.377 e. The van der Waals surface area contributed by atoms with Crippen LogP contribution in [0.1, 0.15) is 17.2 Å².